The first-order chi connectivity index (χ1) is 26.6. The van der Waals surface area contributed by atoms with Gasteiger partial charge in [0.15, 0.2) is 18.0 Å². The molecule has 1 N–H and O–H groups in total. The van der Waals surface area contributed by atoms with Crippen LogP contribution < -0.4 is 9.61 Å². The van der Waals surface area contributed by atoms with Crippen molar-refractivity contribution < 1.29 is 51.7 Å². The Kier molecular flexibility index (Phi) is 13.8. The average Bonchev–Trinajstić information content (AvgIpc) is 3.73. The van der Waals surface area contributed by atoms with Crippen LogP contribution in [-0.4, -0.2) is 108 Å². The number of fused-ring (bicyclic) bond motifs is 1. The topological polar surface area (TPSA) is 214 Å². The Bertz CT molecular complexity index is 1960. The SMILES string of the molecule is CC(C)C(=O)O[C@H]1[C@H](c2ccc3c(/N=C/N(C)C)ncnn23)O[C@](C#N)(COP(=O)(NC(C)C(=O)OC2CCOCC2)Oc2ccccc2)[C@H]1OC(=O)C(C)C. The van der Waals surface area contributed by atoms with Crippen molar-refractivity contribution >= 4 is 43.3 Å². The van der Waals surface area contributed by atoms with E-state index in [4.69, 9.17) is 32.7 Å². The molecule has 19 heteroatoms. The summed E-state index contributed by atoms with van der Waals surface area (Å²) in [4.78, 5) is 50.2. The van der Waals surface area contributed by atoms with Gasteiger partial charge >= 0.3 is 25.7 Å². The number of nitrogens with one attached hydrogen (secondary N) is 1. The van der Waals surface area contributed by atoms with E-state index >= 15 is 0 Å². The lowest BCUT2D eigenvalue weighted by Crippen LogP contribution is -2.50. The number of nitriles is 1. The molecule has 1 aromatic carbocycles. The molecule has 6 atom stereocenters. The molecule has 0 radical (unpaired) electrons. The standard InChI is InChI=1S/C37H48N7O11P/c1-23(2)34(45)52-31-30(28-13-14-29-33(40-22-43(6)7)39-21-41-44(28)29)54-37(19-38,32(31)53-35(46)24(3)4)20-50-56(48,55-27-11-9-8-10-12-27)42-25(5)36(47)51-26-15-17-49-18-16-26/h8-14,21-26,30-32H,15-18,20H2,1-7H3,(H,42,48)/b40-22+/t25?,30-,31-,32-,37+,56?/m0/s1. The van der Waals surface area contributed by atoms with Crippen molar-refractivity contribution in [3.63, 3.8) is 0 Å². The van der Waals surface area contributed by atoms with Gasteiger partial charge in [0.1, 0.15) is 48.5 Å². The van der Waals surface area contributed by atoms with Gasteiger partial charge in [0.05, 0.1) is 37.1 Å². The Hall–Kier alpha value is -4.92. The third-order valence-electron chi connectivity index (χ3n) is 8.76. The Balaban J connectivity index is 1.54. The van der Waals surface area contributed by atoms with Crippen molar-refractivity contribution in [3.05, 3.63) is 54.5 Å². The number of carbonyl (C=O) groups is 3. The van der Waals surface area contributed by atoms with Gasteiger partial charge in [-0.15, -0.1) is 0 Å². The van der Waals surface area contributed by atoms with E-state index in [1.54, 1.807) is 83.4 Å². The quantitative estimate of drug-likeness (QED) is 0.0702. The van der Waals surface area contributed by atoms with Gasteiger partial charge < -0.3 is 33.1 Å². The Morgan fingerprint density at radius 3 is 2.36 bits per heavy atom. The van der Waals surface area contributed by atoms with Gasteiger partial charge in [-0.05, 0) is 31.2 Å². The van der Waals surface area contributed by atoms with Crippen LogP contribution >= 0.6 is 7.75 Å². The van der Waals surface area contributed by atoms with E-state index in [1.165, 1.54) is 29.9 Å². The Morgan fingerprint density at radius 2 is 1.71 bits per heavy atom. The molecule has 18 nitrogen and oxygen atoms in total. The van der Waals surface area contributed by atoms with E-state index in [2.05, 4.69) is 26.2 Å². The molecular weight excluding hydrogens is 749 g/mol. The number of aromatic nitrogens is 3. The van der Waals surface area contributed by atoms with Crippen molar-refractivity contribution in [2.45, 2.75) is 83.5 Å². The molecule has 2 aliphatic rings. The maximum Gasteiger partial charge on any atom is 0.459 e. The predicted octanol–water partition coefficient (Wildman–Crippen LogP) is 4.32. The van der Waals surface area contributed by atoms with Crippen LogP contribution in [-0.2, 0) is 47.2 Å². The molecule has 3 aromatic rings. The van der Waals surface area contributed by atoms with E-state index in [1.807, 2.05) is 0 Å². The normalized spacial score (nSPS) is 23.1. The van der Waals surface area contributed by atoms with Crippen LogP contribution in [0.1, 0.15) is 59.3 Å². The molecule has 56 heavy (non-hydrogen) atoms. The molecule has 0 saturated carbocycles. The summed E-state index contributed by atoms with van der Waals surface area (Å²) in [7, 11) is -1.00. The Morgan fingerprint density at radius 1 is 1.04 bits per heavy atom. The number of rotatable bonds is 16. The second-order valence-electron chi connectivity index (χ2n) is 14.2. The zero-order chi connectivity index (χ0) is 40.6. The van der Waals surface area contributed by atoms with Gasteiger partial charge in [-0.2, -0.15) is 15.4 Å². The molecule has 0 aliphatic carbocycles. The predicted molar refractivity (Wildman–Crippen MR) is 200 cm³/mol. The number of hydrogen-bond donors (Lipinski definition) is 1. The van der Waals surface area contributed by atoms with Gasteiger partial charge in [-0.3, -0.25) is 18.9 Å². The number of esters is 3. The molecule has 0 spiro atoms. The number of para-hydroxylation sites is 1. The molecule has 2 aromatic heterocycles. The highest BCUT2D eigenvalue weighted by Gasteiger charge is 2.62. The molecule has 0 bridgehead atoms. The maximum atomic E-state index is 14.6. The van der Waals surface area contributed by atoms with Gasteiger partial charge in [0.2, 0.25) is 5.60 Å². The van der Waals surface area contributed by atoms with Crippen LogP contribution in [0, 0.1) is 23.2 Å². The number of benzene rings is 1. The highest BCUT2D eigenvalue weighted by atomic mass is 31.2. The average molecular weight is 798 g/mol. The molecule has 2 fully saturated rings. The first-order valence-corrected chi connectivity index (χ1v) is 19.8. The minimum atomic E-state index is -4.60. The molecule has 0 amide bonds. The Labute approximate surface area is 325 Å². The van der Waals surface area contributed by atoms with Gasteiger partial charge in [0.25, 0.3) is 0 Å². The lowest BCUT2D eigenvalue weighted by Gasteiger charge is -2.31. The van der Waals surface area contributed by atoms with Crippen molar-refractivity contribution in [2.75, 3.05) is 33.9 Å². The number of ether oxygens (including phenoxy) is 5. The highest BCUT2D eigenvalue weighted by molar-refractivity contribution is 7.52. The molecule has 302 valence electrons. The third-order valence-corrected chi connectivity index (χ3v) is 10.4. The molecule has 5 rings (SSSR count). The fourth-order valence-corrected chi connectivity index (χ4v) is 7.26. The number of hydrogen-bond acceptors (Lipinski definition) is 15. The second kappa shape index (κ2) is 18.4. The third kappa shape index (κ3) is 10.1. The van der Waals surface area contributed by atoms with E-state index < -0.39 is 80.2 Å². The first kappa shape index (κ1) is 42.2. The van der Waals surface area contributed by atoms with Gasteiger partial charge in [-0.1, -0.05) is 45.9 Å². The van der Waals surface area contributed by atoms with E-state index in [-0.39, 0.29) is 5.75 Å². The summed E-state index contributed by atoms with van der Waals surface area (Å²) in [6, 6.07) is 12.2. The van der Waals surface area contributed by atoms with Crippen molar-refractivity contribution in [3.8, 4) is 11.8 Å². The highest BCUT2D eigenvalue weighted by Crippen LogP contribution is 2.50. The van der Waals surface area contributed by atoms with Crippen molar-refractivity contribution in [2.24, 2.45) is 16.8 Å². The minimum Gasteiger partial charge on any atom is -0.461 e. The molecule has 2 aliphatic heterocycles. The van der Waals surface area contributed by atoms with E-state index in [0.29, 0.717) is 43.1 Å². The van der Waals surface area contributed by atoms with Crippen molar-refractivity contribution in [1.82, 2.24) is 24.6 Å². The number of carbonyl (C=O) groups excluding carboxylic acids is 3. The first-order valence-electron chi connectivity index (χ1n) is 18.2. The van der Waals surface area contributed by atoms with Crippen molar-refractivity contribution in [1.29, 1.82) is 5.26 Å². The van der Waals surface area contributed by atoms with Crippen LogP contribution in [0.25, 0.3) is 5.52 Å². The van der Waals surface area contributed by atoms with E-state index in [9.17, 15) is 24.2 Å². The summed E-state index contributed by atoms with van der Waals surface area (Å²) in [5.74, 6) is -3.02. The van der Waals surface area contributed by atoms with Crippen LogP contribution in [0.4, 0.5) is 5.82 Å². The maximum absolute atomic E-state index is 14.6. The summed E-state index contributed by atoms with van der Waals surface area (Å²) < 4.78 is 57.3. The summed E-state index contributed by atoms with van der Waals surface area (Å²) >= 11 is 0. The fourth-order valence-electron chi connectivity index (χ4n) is 5.74. The fraction of sp³-hybridized carbons (Fsp3) is 0.541. The van der Waals surface area contributed by atoms with Gasteiger partial charge in [-0.25, -0.2) is 19.1 Å². The summed E-state index contributed by atoms with van der Waals surface area (Å²) in [6.07, 6.45) is -0.922. The number of aliphatic imine (C=N–C) groups is 1. The molecule has 4 heterocycles. The zero-order valence-corrected chi connectivity index (χ0v) is 33.3. The van der Waals surface area contributed by atoms with E-state index in [0.717, 1.165) is 0 Å². The summed E-state index contributed by atoms with van der Waals surface area (Å²) in [5, 5.41) is 18.0. The smallest absolute Gasteiger partial charge is 0.459 e. The van der Waals surface area contributed by atoms with Crippen LogP contribution in [0.3, 0.4) is 0 Å². The van der Waals surface area contributed by atoms with Crippen LogP contribution in [0.5, 0.6) is 5.75 Å². The summed E-state index contributed by atoms with van der Waals surface area (Å²) in [6.45, 7) is 7.86. The lowest BCUT2D eigenvalue weighted by molar-refractivity contribution is -0.173. The van der Waals surface area contributed by atoms with Crippen LogP contribution in [0.2, 0.25) is 0 Å². The zero-order valence-electron chi connectivity index (χ0n) is 32.4. The minimum absolute atomic E-state index is 0.114. The molecular formula is C37H48N7O11P. The lowest BCUT2D eigenvalue weighted by atomic mass is 9.95. The summed E-state index contributed by atoms with van der Waals surface area (Å²) in [5.41, 5.74) is -1.53. The molecule has 2 saturated heterocycles. The molecule has 2 unspecified atom stereocenters. The largest absolute Gasteiger partial charge is 0.461 e. The number of nitrogens with zero attached hydrogens (tertiary/aromatic N) is 6. The van der Waals surface area contributed by atoms with Gasteiger partial charge in [0, 0.05) is 26.9 Å². The monoisotopic (exact) mass is 797 g/mol. The second-order valence-corrected chi connectivity index (χ2v) is 15.9. The van der Waals surface area contributed by atoms with Crippen LogP contribution in [0.15, 0.2) is 53.8 Å².